The number of guanidine groups is 2. The van der Waals surface area contributed by atoms with Crippen molar-refractivity contribution in [2.75, 3.05) is 25.4 Å². The van der Waals surface area contributed by atoms with Crippen molar-refractivity contribution in [2.24, 2.45) is 38.8 Å². The van der Waals surface area contributed by atoms with Crippen molar-refractivity contribution in [3.8, 4) is 0 Å². The molecule has 1 rings (SSSR count). The number of aldehydes is 2. The zero-order valence-electron chi connectivity index (χ0n) is 26.6. The number of likely N-dealkylation sites (tertiary alicyclic amines) is 1. The molecule has 0 spiro atoms. The number of carbonyl (C=O) groups excluding carboxylic acids is 5. The smallest absolute Gasteiger partial charge is 0.243 e. The molecule has 1 saturated heterocycles. The largest absolute Gasteiger partial charge is 0.370 e. The second kappa shape index (κ2) is 21.3. The Morgan fingerprint density at radius 1 is 0.867 bits per heavy atom. The summed E-state index contributed by atoms with van der Waals surface area (Å²) < 4.78 is 0. The van der Waals surface area contributed by atoms with Crippen molar-refractivity contribution >= 4 is 54.8 Å². The number of nitrogens with zero attached hydrogens (tertiary/aromatic N) is 3. The van der Waals surface area contributed by atoms with E-state index in [1.54, 1.807) is 0 Å². The first kappa shape index (κ1) is 39.6. The predicted molar refractivity (Wildman–Crippen MR) is 177 cm³/mol. The Kier molecular flexibility index (Phi) is 18.8. The van der Waals surface area contributed by atoms with Crippen molar-refractivity contribution in [3.05, 3.63) is 0 Å². The van der Waals surface area contributed by atoms with E-state index < -0.39 is 48.2 Å². The number of aliphatic imine (C=N–C) groups is 2. The fourth-order valence-electron chi connectivity index (χ4n) is 5.09. The van der Waals surface area contributed by atoms with Gasteiger partial charge in [0.1, 0.15) is 18.6 Å². The second-order valence-corrected chi connectivity index (χ2v) is 11.9. The van der Waals surface area contributed by atoms with Crippen molar-refractivity contribution in [1.82, 2.24) is 26.2 Å². The van der Waals surface area contributed by atoms with Gasteiger partial charge >= 0.3 is 0 Å². The molecule has 0 bridgehead atoms. The molecule has 17 heteroatoms. The zero-order valence-corrected chi connectivity index (χ0v) is 27.5. The van der Waals surface area contributed by atoms with Crippen LogP contribution >= 0.6 is 12.6 Å². The lowest BCUT2D eigenvalue weighted by molar-refractivity contribution is -0.131. The van der Waals surface area contributed by atoms with Crippen molar-refractivity contribution in [3.63, 3.8) is 0 Å². The highest BCUT2D eigenvalue weighted by Crippen LogP contribution is 2.20. The Hall–Kier alpha value is -3.44. The van der Waals surface area contributed by atoms with Gasteiger partial charge in [0.25, 0.3) is 0 Å². The monoisotopic (exact) mass is 655 g/mol. The number of amides is 3. The highest BCUT2D eigenvalue weighted by molar-refractivity contribution is 7.80. The van der Waals surface area contributed by atoms with Crippen LogP contribution in [0, 0.1) is 5.92 Å². The van der Waals surface area contributed by atoms with Crippen LogP contribution in [0.4, 0.5) is 0 Å². The van der Waals surface area contributed by atoms with Crippen LogP contribution in [-0.4, -0.2) is 109 Å². The molecule has 1 heterocycles. The summed E-state index contributed by atoms with van der Waals surface area (Å²) in [5.41, 5.74) is 21.4. The molecule has 6 atom stereocenters. The zero-order chi connectivity index (χ0) is 33.9. The quantitative estimate of drug-likeness (QED) is 0.0197. The molecule has 1 aliphatic rings. The maximum absolute atomic E-state index is 13.4. The van der Waals surface area contributed by atoms with E-state index in [1.807, 2.05) is 25.7 Å². The van der Waals surface area contributed by atoms with Crippen LogP contribution in [0.1, 0.15) is 65.7 Å². The highest BCUT2D eigenvalue weighted by Gasteiger charge is 2.36. The Morgan fingerprint density at radius 2 is 1.44 bits per heavy atom. The third-order valence-corrected chi connectivity index (χ3v) is 7.66. The van der Waals surface area contributed by atoms with Gasteiger partial charge in [0.2, 0.25) is 17.7 Å². The van der Waals surface area contributed by atoms with Gasteiger partial charge in [0.15, 0.2) is 11.9 Å². The average Bonchev–Trinajstić information content (AvgIpc) is 3.48. The number of nitrogens with two attached hydrogens (primary N) is 4. The minimum Gasteiger partial charge on any atom is -0.370 e. The first-order valence-electron chi connectivity index (χ1n) is 15.4. The normalized spacial score (nSPS) is 18.1. The number of carbonyl (C=O) groups is 5. The molecule has 16 nitrogen and oxygen atoms in total. The van der Waals surface area contributed by atoms with Crippen LogP contribution in [0.5, 0.6) is 0 Å². The topological polar surface area (TPSA) is 266 Å². The van der Waals surface area contributed by atoms with Gasteiger partial charge in [-0.25, -0.2) is 0 Å². The third kappa shape index (κ3) is 15.4. The standard InChI is InChI=1S/C28H53N11O5S/c1-17(2)13-20(15-41)37-24(42)21(8-5-11-34-28(31)32)38-25(43)22(16-45)35-18(3)39-12-6-9-23(39)26(44)36-19(14-40)7-4-10-33-27(29)30/h14-15,17-23,35,45H,4-13,16H2,1-3H3,(H,36,44)(H,37,42)(H,38,43)(H4,29,30,33)(H4,31,32,34)/t18?,19-,20-,21-,22-,23-/m0/s1. The van der Waals surface area contributed by atoms with Gasteiger partial charge in [-0.05, 0) is 57.8 Å². The summed E-state index contributed by atoms with van der Waals surface area (Å²) in [6, 6.07) is -3.63. The lowest BCUT2D eigenvalue weighted by atomic mass is 10.0. The molecular formula is C28H53N11O5S. The molecule has 1 unspecified atom stereocenters. The van der Waals surface area contributed by atoms with Gasteiger partial charge in [0.05, 0.1) is 30.3 Å². The average molecular weight is 656 g/mol. The van der Waals surface area contributed by atoms with E-state index in [1.165, 1.54) is 0 Å². The van der Waals surface area contributed by atoms with E-state index in [0.29, 0.717) is 57.8 Å². The molecule has 1 aliphatic heterocycles. The molecule has 0 aromatic heterocycles. The van der Waals surface area contributed by atoms with Gasteiger partial charge in [-0.2, -0.15) is 12.6 Å². The molecular weight excluding hydrogens is 602 g/mol. The summed E-state index contributed by atoms with van der Waals surface area (Å²) in [7, 11) is 0. The SMILES string of the molecule is CC(C)C[C@@H](C=O)NC(=O)[C@H](CCCN=C(N)N)NC(=O)[C@H](CS)NC(C)N1CCC[C@H]1C(=O)N[C@H](C=O)CCCN=C(N)N. The molecule has 0 aromatic rings. The molecule has 0 aromatic carbocycles. The van der Waals surface area contributed by atoms with E-state index in [4.69, 9.17) is 22.9 Å². The fourth-order valence-corrected chi connectivity index (χ4v) is 5.36. The maximum Gasteiger partial charge on any atom is 0.243 e. The van der Waals surface area contributed by atoms with Gasteiger partial charge in [-0.3, -0.25) is 34.6 Å². The van der Waals surface area contributed by atoms with E-state index in [2.05, 4.69) is 43.9 Å². The fraction of sp³-hybridized carbons (Fsp3) is 0.750. The number of nitrogens with one attached hydrogen (secondary N) is 4. The summed E-state index contributed by atoms with van der Waals surface area (Å²) in [5, 5.41) is 11.5. The molecule has 0 radical (unpaired) electrons. The van der Waals surface area contributed by atoms with Crippen molar-refractivity contribution in [1.29, 1.82) is 0 Å². The van der Waals surface area contributed by atoms with Gasteiger partial charge < -0.3 is 48.5 Å². The molecule has 12 N–H and O–H groups in total. The van der Waals surface area contributed by atoms with E-state index in [0.717, 1.165) is 6.42 Å². The highest BCUT2D eigenvalue weighted by atomic mass is 32.1. The van der Waals surface area contributed by atoms with Crippen LogP contribution in [0.2, 0.25) is 0 Å². The Balaban J connectivity index is 2.89. The van der Waals surface area contributed by atoms with Crippen molar-refractivity contribution < 1.29 is 24.0 Å². The van der Waals surface area contributed by atoms with Crippen LogP contribution in [0.15, 0.2) is 9.98 Å². The van der Waals surface area contributed by atoms with Gasteiger partial charge in [0, 0.05) is 25.4 Å². The van der Waals surface area contributed by atoms with Crippen LogP contribution < -0.4 is 44.2 Å². The molecule has 256 valence electrons. The minimum atomic E-state index is -0.946. The van der Waals surface area contributed by atoms with E-state index >= 15 is 0 Å². The molecule has 3 amide bonds. The Morgan fingerprint density at radius 3 is 1.98 bits per heavy atom. The summed E-state index contributed by atoms with van der Waals surface area (Å²) >= 11 is 4.36. The first-order valence-corrected chi connectivity index (χ1v) is 16.0. The molecule has 1 fully saturated rings. The summed E-state index contributed by atoms with van der Waals surface area (Å²) in [4.78, 5) is 72.5. The van der Waals surface area contributed by atoms with Gasteiger partial charge in [-0.15, -0.1) is 0 Å². The number of hydrogen-bond donors (Lipinski definition) is 9. The Bertz CT molecular complexity index is 1020. The maximum atomic E-state index is 13.4. The Labute approximate surface area is 271 Å². The first-order chi connectivity index (χ1) is 21.3. The van der Waals surface area contributed by atoms with Crippen LogP contribution in [-0.2, 0) is 24.0 Å². The number of rotatable bonds is 22. The molecule has 0 saturated carbocycles. The van der Waals surface area contributed by atoms with E-state index in [9.17, 15) is 24.0 Å². The lowest BCUT2D eigenvalue weighted by Gasteiger charge is -2.33. The summed E-state index contributed by atoms with van der Waals surface area (Å²) in [6.07, 6.45) is 4.30. The van der Waals surface area contributed by atoms with Crippen LogP contribution in [0.25, 0.3) is 0 Å². The van der Waals surface area contributed by atoms with Crippen LogP contribution in [0.3, 0.4) is 0 Å². The predicted octanol–water partition coefficient (Wildman–Crippen LogP) is -2.31. The van der Waals surface area contributed by atoms with Gasteiger partial charge in [-0.1, -0.05) is 13.8 Å². The minimum absolute atomic E-state index is 0.0345. The number of thiol groups is 1. The molecule has 45 heavy (non-hydrogen) atoms. The summed E-state index contributed by atoms with van der Waals surface area (Å²) in [5.74, 6) is -1.07. The van der Waals surface area contributed by atoms with Crippen molar-refractivity contribution in [2.45, 2.75) is 102 Å². The second-order valence-electron chi connectivity index (χ2n) is 11.6. The summed E-state index contributed by atoms with van der Waals surface area (Å²) in [6.45, 7) is 6.92. The molecule has 0 aliphatic carbocycles. The number of hydrogen-bond acceptors (Lipinski definition) is 10. The third-order valence-electron chi connectivity index (χ3n) is 7.29. The van der Waals surface area contributed by atoms with E-state index in [-0.39, 0.29) is 42.5 Å². The lowest BCUT2D eigenvalue weighted by Crippen LogP contribution is -2.60.